The highest BCUT2D eigenvalue weighted by Crippen LogP contribution is 2.44. The number of hydrogen-bond acceptors (Lipinski definition) is 3. The Morgan fingerprint density at radius 3 is 2.56 bits per heavy atom. The van der Waals surface area contributed by atoms with E-state index in [1.807, 2.05) is 18.2 Å². The van der Waals surface area contributed by atoms with Gasteiger partial charge in [-0.25, -0.2) is 0 Å². The van der Waals surface area contributed by atoms with Gasteiger partial charge < -0.3 is 4.57 Å². The summed E-state index contributed by atoms with van der Waals surface area (Å²) < 4.78 is 1.49. The highest BCUT2D eigenvalue weighted by Gasteiger charge is 2.31. The molecule has 1 fully saturated rings. The molecule has 3 rings (SSSR count). The van der Waals surface area contributed by atoms with Crippen LogP contribution in [0.1, 0.15) is 55.2 Å². The van der Waals surface area contributed by atoms with E-state index >= 15 is 0 Å². The minimum Gasteiger partial charge on any atom is -0.318 e. The van der Waals surface area contributed by atoms with E-state index in [-0.39, 0.29) is 11.5 Å². The van der Waals surface area contributed by atoms with E-state index in [0.29, 0.717) is 12.3 Å². The lowest BCUT2D eigenvalue weighted by atomic mass is 9.79. The second-order valence-electron chi connectivity index (χ2n) is 6.94. The van der Waals surface area contributed by atoms with E-state index in [1.165, 1.54) is 23.5 Å². The van der Waals surface area contributed by atoms with Crippen LogP contribution >= 0.6 is 11.6 Å². The number of hydrogen-bond donors (Lipinski definition) is 0. The Bertz CT molecular complexity index is 796. The van der Waals surface area contributed by atoms with Crippen molar-refractivity contribution < 1.29 is 0 Å². The molecule has 5 heteroatoms. The number of rotatable bonds is 6. The van der Waals surface area contributed by atoms with Crippen LogP contribution < -0.4 is 5.56 Å². The average molecular weight is 359 g/mol. The predicted molar refractivity (Wildman–Crippen MR) is 101 cm³/mol. The average Bonchev–Trinajstić information content (AvgIpc) is 3.14. The minimum atomic E-state index is -0.478. The molecule has 0 aliphatic heterocycles. The molecule has 0 spiro atoms. The van der Waals surface area contributed by atoms with E-state index < -0.39 is 6.04 Å². The fourth-order valence-electron chi connectivity index (χ4n) is 4.00. The molecule has 0 saturated heterocycles. The topological polar surface area (TPSA) is 51.4 Å². The van der Waals surface area contributed by atoms with Crippen LogP contribution in [-0.2, 0) is 7.05 Å². The Labute approximate surface area is 152 Å². The molecule has 0 N–H and O–H groups in total. The van der Waals surface area contributed by atoms with Crippen molar-refractivity contribution >= 4 is 11.6 Å². The van der Waals surface area contributed by atoms with E-state index in [1.54, 1.807) is 19.3 Å². The lowest BCUT2D eigenvalue weighted by molar-refractivity contribution is 0.386. The third-order valence-corrected chi connectivity index (χ3v) is 5.72. The van der Waals surface area contributed by atoms with Crippen LogP contribution in [0.4, 0.5) is 0 Å². The lowest BCUT2D eigenvalue weighted by Crippen LogP contribution is -2.18. The summed E-state index contributed by atoms with van der Waals surface area (Å²) in [5.41, 5.74) is 1.80. The highest BCUT2D eigenvalue weighted by atomic mass is 35.5. The van der Waals surface area contributed by atoms with Crippen molar-refractivity contribution in [2.24, 2.45) is 18.1 Å². The zero-order valence-electron chi connectivity index (χ0n) is 14.4. The van der Waals surface area contributed by atoms with Crippen molar-refractivity contribution in [3.05, 3.63) is 74.0 Å². The fourth-order valence-corrected chi connectivity index (χ4v) is 4.28. The van der Waals surface area contributed by atoms with Crippen LogP contribution in [0, 0.1) is 10.8 Å². The first-order valence-corrected chi connectivity index (χ1v) is 9.21. The van der Waals surface area contributed by atoms with Gasteiger partial charge in [0.15, 0.2) is 0 Å². The van der Waals surface area contributed by atoms with Gasteiger partial charge in [-0.3, -0.25) is 4.79 Å². The van der Waals surface area contributed by atoms with Gasteiger partial charge in [-0.1, -0.05) is 47.8 Å². The molecule has 25 heavy (non-hydrogen) atoms. The molecule has 2 atom stereocenters. The summed E-state index contributed by atoms with van der Waals surface area (Å²) in [4.78, 5) is 23.2. The SMILES string of the molecule is Cn1cc(C(CC(c2ccccc2Cl)C2CCCC2)N=O)ccc1=O. The second kappa shape index (κ2) is 7.96. The summed E-state index contributed by atoms with van der Waals surface area (Å²) in [6.07, 6.45) is 7.11. The molecule has 1 saturated carbocycles. The number of nitroso groups, excluding NO2 is 1. The molecule has 2 aromatic rings. The van der Waals surface area contributed by atoms with Gasteiger partial charge in [-0.05, 0) is 54.4 Å². The zero-order chi connectivity index (χ0) is 17.8. The van der Waals surface area contributed by atoms with Crippen molar-refractivity contribution in [2.75, 3.05) is 0 Å². The van der Waals surface area contributed by atoms with Gasteiger partial charge in [-0.15, -0.1) is 0 Å². The molecule has 0 radical (unpaired) electrons. The maximum absolute atomic E-state index is 11.6. The van der Waals surface area contributed by atoms with Crippen LogP contribution in [0.3, 0.4) is 0 Å². The zero-order valence-corrected chi connectivity index (χ0v) is 15.2. The Balaban J connectivity index is 1.92. The third-order valence-electron chi connectivity index (χ3n) is 5.37. The summed E-state index contributed by atoms with van der Waals surface area (Å²) in [7, 11) is 1.69. The predicted octanol–water partition coefficient (Wildman–Crippen LogP) is 5.21. The highest BCUT2D eigenvalue weighted by molar-refractivity contribution is 6.31. The number of nitrogens with zero attached hydrogens (tertiary/aromatic N) is 2. The van der Waals surface area contributed by atoms with Crippen molar-refractivity contribution in [1.29, 1.82) is 0 Å². The lowest BCUT2D eigenvalue weighted by Gasteiger charge is -2.27. The first-order valence-electron chi connectivity index (χ1n) is 8.83. The number of pyridine rings is 1. The molecule has 1 aliphatic rings. The summed E-state index contributed by atoms with van der Waals surface area (Å²) in [6, 6.07) is 10.6. The van der Waals surface area contributed by atoms with E-state index in [2.05, 4.69) is 11.2 Å². The van der Waals surface area contributed by atoms with Crippen molar-refractivity contribution in [2.45, 2.75) is 44.1 Å². The maximum Gasteiger partial charge on any atom is 0.250 e. The Morgan fingerprint density at radius 1 is 1.20 bits per heavy atom. The molecule has 1 aliphatic carbocycles. The minimum absolute atomic E-state index is 0.0909. The molecule has 4 nitrogen and oxygen atoms in total. The fraction of sp³-hybridized carbons (Fsp3) is 0.450. The van der Waals surface area contributed by atoms with Crippen LogP contribution in [0.25, 0.3) is 0 Å². The van der Waals surface area contributed by atoms with Crippen LogP contribution in [-0.4, -0.2) is 4.57 Å². The Morgan fingerprint density at radius 2 is 1.92 bits per heavy atom. The van der Waals surface area contributed by atoms with E-state index in [9.17, 15) is 9.70 Å². The van der Waals surface area contributed by atoms with E-state index in [4.69, 9.17) is 11.6 Å². The molecule has 1 aromatic carbocycles. The summed E-state index contributed by atoms with van der Waals surface area (Å²) in [6.45, 7) is 0. The molecular formula is C20H23ClN2O2. The molecule has 0 amide bonds. The quantitative estimate of drug-likeness (QED) is 0.665. The number of aryl methyl sites for hydroxylation is 1. The van der Waals surface area contributed by atoms with Gasteiger partial charge >= 0.3 is 0 Å². The van der Waals surface area contributed by atoms with Gasteiger partial charge in [0.25, 0.3) is 0 Å². The third kappa shape index (κ3) is 4.01. The number of benzene rings is 1. The molecule has 132 valence electrons. The van der Waals surface area contributed by atoms with Gasteiger partial charge in [0, 0.05) is 24.3 Å². The van der Waals surface area contributed by atoms with Gasteiger partial charge in [0.1, 0.15) is 6.04 Å². The Kier molecular flexibility index (Phi) is 5.69. The van der Waals surface area contributed by atoms with Gasteiger partial charge in [0.05, 0.1) is 0 Å². The molecular weight excluding hydrogens is 336 g/mol. The first-order chi connectivity index (χ1) is 12.1. The van der Waals surface area contributed by atoms with Gasteiger partial charge in [0.2, 0.25) is 5.56 Å². The summed E-state index contributed by atoms with van der Waals surface area (Å²) in [5, 5.41) is 4.14. The van der Waals surface area contributed by atoms with Gasteiger partial charge in [-0.2, -0.15) is 4.91 Å². The molecule has 1 heterocycles. The van der Waals surface area contributed by atoms with Crippen LogP contribution in [0.15, 0.2) is 52.6 Å². The largest absolute Gasteiger partial charge is 0.318 e. The molecule has 0 bridgehead atoms. The monoisotopic (exact) mass is 358 g/mol. The smallest absolute Gasteiger partial charge is 0.250 e. The summed E-state index contributed by atoms with van der Waals surface area (Å²) in [5.74, 6) is 0.729. The van der Waals surface area contributed by atoms with Crippen LogP contribution in [0.2, 0.25) is 5.02 Å². The van der Waals surface area contributed by atoms with Crippen molar-refractivity contribution in [1.82, 2.24) is 4.57 Å². The van der Waals surface area contributed by atoms with Crippen molar-refractivity contribution in [3.63, 3.8) is 0 Å². The first kappa shape index (κ1) is 17.9. The maximum atomic E-state index is 11.6. The number of halogens is 1. The normalized spacial score (nSPS) is 17.4. The Hall–Kier alpha value is -1.94. The summed E-state index contributed by atoms with van der Waals surface area (Å²) >= 11 is 6.46. The van der Waals surface area contributed by atoms with Crippen LogP contribution in [0.5, 0.6) is 0 Å². The molecule has 2 unspecified atom stereocenters. The standard InChI is InChI=1S/C20H23ClN2O2/c1-23-13-15(10-11-20(23)24)19(22-25)12-17(14-6-2-3-7-14)16-8-4-5-9-18(16)21/h4-5,8-11,13-14,17,19H,2-3,6-7,12H2,1H3. The number of aromatic nitrogens is 1. The van der Waals surface area contributed by atoms with E-state index in [0.717, 1.165) is 29.0 Å². The molecule has 1 aromatic heterocycles. The van der Waals surface area contributed by atoms with Crippen molar-refractivity contribution in [3.8, 4) is 0 Å². The second-order valence-corrected chi connectivity index (χ2v) is 7.35.